The Bertz CT molecular complexity index is 455. The average molecular weight is 302 g/mol. The molecule has 0 aromatic heterocycles. The molecule has 4 heteroatoms. The van der Waals surface area contributed by atoms with Crippen LogP contribution in [-0.2, 0) is 6.54 Å². The SMILES string of the molecule is CC1CCCCN1CCNC(=NCc1ccccc1)N(C)C. The highest BCUT2D eigenvalue weighted by molar-refractivity contribution is 5.79. The lowest BCUT2D eigenvalue weighted by Gasteiger charge is -2.33. The van der Waals surface area contributed by atoms with Crippen LogP contribution in [0.4, 0.5) is 0 Å². The highest BCUT2D eigenvalue weighted by Crippen LogP contribution is 2.15. The summed E-state index contributed by atoms with van der Waals surface area (Å²) in [6.45, 7) is 6.35. The molecule has 1 saturated heterocycles. The molecule has 1 aliphatic heterocycles. The van der Waals surface area contributed by atoms with Gasteiger partial charge in [-0.3, -0.25) is 4.90 Å². The zero-order valence-electron chi connectivity index (χ0n) is 14.3. The molecular formula is C18H30N4. The van der Waals surface area contributed by atoms with Crippen molar-refractivity contribution in [1.29, 1.82) is 0 Å². The molecule has 0 saturated carbocycles. The first-order valence-electron chi connectivity index (χ1n) is 8.40. The van der Waals surface area contributed by atoms with Gasteiger partial charge in [0.2, 0.25) is 0 Å². The Morgan fingerprint density at radius 3 is 2.73 bits per heavy atom. The Kier molecular flexibility index (Phi) is 6.72. The zero-order chi connectivity index (χ0) is 15.8. The lowest BCUT2D eigenvalue weighted by molar-refractivity contribution is 0.163. The number of rotatable bonds is 5. The molecule has 4 nitrogen and oxygen atoms in total. The van der Waals surface area contributed by atoms with Gasteiger partial charge in [0.1, 0.15) is 0 Å². The monoisotopic (exact) mass is 302 g/mol. The van der Waals surface area contributed by atoms with Crippen LogP contribution in [0.15, 0.2) is 35.3 Å². The third-order valence-electron chi connectivity index (χ3n) is 4.30. The van der Waals surface area contributed by atoms with Crippen molar-refractivity contribution < 1.29 is 0 Å². The first kappa shape index (κ1) is 16.8. The van der Waals surface area contributed by atoms with E-state index in [9.17, 15) is 0 Å². The molecule has 1 aromatic carbocycles. The highest BCUT2D eigenvalue weighted by Gasteiger charge is 2.17. The number of hydrogen-bond donors (Lipinski definition) is 1. The maximum absolute atomic E-state index is 4.71. The summed E-state index contributed by atoms with van der Waals surface area (Å²) in [7, 11) is 4.08. The largest absolute Gasteiger partial charge is 0.355 e. The van der Waals surface area contributed by atoms with Crippen molar-refractivity contribution in [3.8, 4) is 0 Å². The number of nitrogens with one attached hydrogen (secondary N) is 1. The second kappa shape index (κ2) is 8.79. The van der Waals surface area contributed by atoms with Gasteiger partial charge in [0.05, 0.1) is 6.54 Å². The minimum absolute atomic E-state index is 0.722. The molecule has 1 aliphatic rings. The average Bonchev–Trinajstić information content (AvgIpc) is 2.53. The molecule has 0 bridgehead atoms. The maximum Gasteiger partial charge on any atom is 0.193 e. The first-order chi connectivity index (χ1) is 10.7. The van der Waals surface area contributed by atoms with E-state index >= 15 is 0 Å². The molecular weight excluding hydrogens is 272 g/mol. The van der Waals surface area contributed by atoms with E-state index in [4.69, 9.17) is 4.99 Å². The van der Waals surface area contributed by atoms with Gasteiger partial charge >= 0.3 is 0 Å². The predicted molar refractivity (Wildman–Crippen MR) is 94.2 cm³/mol. The molecule has 0 radical (unpaired) electrons. The van der Waals surface area contributed by atoms with E-state index in [1.165, 1.54) is 31.4 Å². The van der Waals surface area contributed by atoms with Gasteiger partial charge in [-0.15, -0.1) is 0 Å². The van der Waals surface area contributed by atoms with E-state index in [1.807, 2.05) is 20.2 Å². The van der Waals surface area contributed by atoms with Crippen molar-refractivity contribution in [2.45, 2.75) is 38.8 Å². The van der Waals surface area contributed by atoms with Crippen LogP contribution in [0.25, 0.3) is 0 Å². The minimum atomic E-state index is 0.722. The summed E-state index contributed by atoms with van der Waals surface area (Å²) in [6.07, 6.45) is 4.06. The number of aliphatic imine (C=N–C) groups is 1. The zero-order valence-corrected chi connectivity index (χ0v) is 14.3. The molecule has 0 amide bonds. The van der Waals surface area contributed by atoms with Gasteiger partial charge in [0.15, 0.2) is 5.96 Å². The number of guanidine groups is 1. The lowest BCUT2D eigenvalue weighted by atomic mass is 10.0. The number of hydrogen-bond acceptors (Lipinski definition) is 2. The van der Waals surface area contributed by atoms with Crippen molar-refractivity contribution in [2.75, 3.05) is 33.7 Å². The number of nitrogens with zero attached hydrogens (tertiary/aromatic N) is 3. The lowest BCUT2D eigenvalue weighted by Crippen LogP contribution is -2.44. The van der Waals surface area contributed by atoms with E-state index in [0.29, 0.717) is 0 Å². The topological polar surface area (TPSA) is 30.9 Å². The summed E-state index contributed by atoms with van der Waals surface area (Å²) in [5, 5.41) is 3.49. The third-order valence-corrected chi connectivity index (χ3v) is 4.30. The van der Waals surface area contributed by atoms with E-state index in [1.54, 1.807) is 0 Å². The van der Waals surface area contributed by atoms with Gasteiger partial charge in [-0.05, 0) is 31.9 Å². The Labute approximate surface area is 135 Å². The van der Waals surface area contributed by atoms with Gasteiger partial charge in [-0.2, -0.15) is 0 Å². The maximum atomic E-state index is 4.71. The van der Waals surface area contributed by atoms with Crippen LogP contribution in [0.3, 0.4) is 0 Å². The van der Waals surface area contributed by atoms with E-state index in [0.717, 1.165) is 31.6 Å². The summed E-state index contributed by atoms with van der Waals surface area (Å²) < 4.78 is 0. The van der Waals surface area contributed by atoms with Crippen LogP contribution in [0.2, 0.25) is 0 Å². The second-order valence-electron chi connectivity index (χ2n) is 6.33. The number of piperidine rings is 1. The van der Waals surface area contributed by atoms with E-state index in [2.05, 4.69) is 46.3 Å². The second-order valence-corrected chi connectivity index (χ2v) is 6.33. The van der Waals surface area contributed by atoms with Crippen molar-refractivity contribution in [2.24, 2.45) is 4.99 Å². The van der Waals surface area contributed by atoms with Crippen molar-refractivity contribution in [1.82, 2.24) is 15.1 Å². The van der Waals surface area contributed by atoms with Gasteiger partial charge in [0, 0.05) is 33.2 Å². The fourth-order valence-electron chi connectivity index (χ4n) is 2.91. The summed E-state index contributed by atoms with van der Waals surface area (Å²) in [4.78, 5) is 9.35. The smallest absolute Gasteiger partial charge is 0.193 e. The van der Waals surface area contributed by atoms with E-state index < -0.39 is 0 Å². The molecule has 122 valence electrons. The first-order valence-corrected chi connectivity index (χ1v) is 8.40. The van der Waals surface area contributed by atoms with Crippen molar-refractivity contribution in [3.63, 3.8) is 0 Å². The van der Waals surface area contributed by atoms with Crippen LogP contribution in [0, 0.1) is 0 Å². The van der Waals surface area contributed by atoms with E-state index in [-0.39, 0.29) is 0 Å². The summed E-state index contributed by atoms with van der Waals surface area (Å²) in [5.41, 5.74) is 1.24. The minimum Gasteiger partial charge on any atom is -0.355 e. The molecule has 0 spiro atoms. The molecule has 2 rings (SSSR count). The molecule has 1 aromatic rings. The van der Waals surface area contributed by atoms with Gasteiger partial charge in [0.25, 0.3) is 0 Å². The summed E-state index contributed by atoms with van der Waals surface area (Å²) in [6, 6.07) is 11.1. The predicted octanol–water partition coefficient (Wildman–Crippen LogP) is 2.57. The van der Waals surface area contributed by atoms with Gasteiger partial charge < -0.3 is 10.2 Å². The van der Waals surface area contributed by atoms with Gasteiger partial charge in [-0.25, -0.2) is 4.99 Å². The molecule has 1 N–H and O–H groups in total. The molecule has 1 unspecified atom stereocenters. The molecule has 1 heterocycles. The molecule has 1 atom stereocenters. The van der Waals surface area contributed by atoms with Gasteiger partial charge in [-0.1, -0.05) is 36.8 Å². The molecule has 0 aliphatic carbocycles. The van der Waals surface area contributed by atoms with Crippen LogP contribution in [-0.4, -0.2) is 55.5 Å². The normalized spacial score (nSPS) is 20.0. The number of likely N-dealkylation sites (tertiary alicyclic amines) is 1. The molecule has 1 fully saturated rings. The summed E-state index contributed by atoms with van der Waals surface area (Å²) in [5.74, 6) is 0.966. The Balaban J connectivity index is 1.81. The molecule has 22 heavy (non-hydrogen) atoms. The summed E-state index contributed by atoms with van der Waals surface area (Å²) >= 11 is 0. The van der Waals surface area contributed by atoms with Crippen LogP contribution in [0.1, 0.15) is 31.7 Å². The van der Waals surface area contributed by atoms with Crippen LogP contribution >= 0.6 is 0 Å². The van der Waals surface area contributed by atoms with Crippen LogP contribution in [0.5, 0.6) is 0 Å². The van der Waals surface area contributed by atoms with Crippen molar-refractivity contribution in [3.05, 3.63) is 35.9 Å². The standard InChI is InChI=1S/C18H30N4/c1-16-9-7-8-13-22(16)14-12-19-18(21(2)3)20-15-17-10-5-4-6-11-17/h4-6,10-11,16H,7-9,12-15H2,1-3H3,(H,19,20). The highest BCUT2D eigenvalue weighted by atomic mass is 15.3. The Hall–Kier alpha value is -1.55. The fraction of sp³-hybridized carbons (Fsp3) is 0.611. The Morgan fingerprint density at radius 2 is 2.05 bits per heavy atom. The fourth-order valence-corrected chi connectivity index (χ4v) is 2.91. The number of benzene rings is 1. The third kappa shape index (κ3) is 5.34. The quantitative estimate of drug-likeness (QED) is 0.670. The van der Waals surface area contributed by atoms with Crippen molar-refractivity contribution >= 4 is 5.96 Å². The van der Waals surface area contributed by atoms with Crippen LogP contribution < -0.4 is 5.32 Å². The Morgan fingerprint density at radius 1 is 1.27 bits per heavy atom.